The Labute approximate surface area is 131 Å². The van der Waals surface area contributed by atoms with Crippen molar-refractivity contribution in [3.63, 3.8) is 0 Å². The molecule has 2 nitrogen and oxygen atoms in total. The number of halogens is 3. The molecule has 5 heteroatoms. The highest BCUT2D eigenvalue weighted by Gasteiger charge is 2.44. The molecule has 0 aromatic rings. The van der Waals surface area contributed by atoms with E-state index in [0.29, 0.717) is 37.8 Å². The van der Waals surface area contributed by atoms with Crippen LogP contribution in [0.2, 0.25) is 0 Å². The molecular weight excluding hydrogens is 289 g/mol. The fraction of sp³-hybridized carbons (Fsp3) is 1.00. The Morgan fingerprint density at radius 1 is 0.818 bits per heavy atom. The van der Waals surface area contributed by atoms with Crippen LogP contribution in [0, 0.1) is 11.8 Å². The molecule has 3 fully saturated rings. The normalized spacial score (nSPS) is 41.7. The summed E-state index contributed by atoms with van der Waals surface area (Å²) in [5, 5.41) is 0. The molecule has 0 aromatic heterocycles. The molecule has 3 rings (SSSR count). The van der Waals surface area contributed by atoms with E-state index in [9.17, 15) is 13.2 Å². The van der Waals surface area contributed by atoms with E-state index >= 15 is 0 Å². The summed E-state index contributed by atoms with van der Waals surface area (Å²) in [7, 11) is 0. The van der Waals surface area contributed by atoms with Crippen LogP contribution in [0.15, 0.2) is 0 Å². The maximum atomic E-state index is 12.9. The molecule has 0 aromatic carbocycles. The first-order chi connectivity index (χ1) is 10.4. The van der Waals surface area contributed by atoms with Gasteiger partial charge in [-0.25, -0.2) is 0 Å². The van der Waals surface area contributed by atoms with Crippen LogP contribution in [0.5, 0.6) is 0 Å². The van der Waals surface area contributed by atoms with E-state index in [1.54, 1.807) is 0 Å². The van der Waals surface area contributed by atoms with Crippen LogP contribution in [-0.2, 0) is 0 Å². The molecule has 3 atom stereocenters. The monoisotopic (exact) mass is 318 g/mol. The fourth-order valence-electron chi connectivity index (χ4n) is 5.04. The molecule has 0 bridgehead atoms. The summed E-state index contributed by atoms with van der Waals surface area (Å²) in [4.78, 5) is 2.54. The molecule has 2 aliphatic carbocycles. The zero-order chi connectivity index (χ0) is 15.7. The molecule has 1 aliphatic heterocycles. The molecule has 2 N–H and O–H groups in total. The summed E-state index contributed by atoms with van der Waals surface area (Å²) in [5.41, 5.74) is 6.26. The first-order valence-electron chi connectivity index (χ1n) is 9.03. The number of alkyl halides is 3. The molecule has 3 unspecified atom stereocenters. The number of hydrogen-bond donors (Lipinski definition) is 1. The minimum atomic E-state index is -4.01. The summed E-state index contributed by atoms with van der Waals surface area (Å²) >= 11 is 0. The first-order valence-corrected chi connectivity index (χ1v) is 9.03. The maximum Gasteiger partial charge on any atom is 0.391 e. The van der Waals surface area contributed by atoms with E-state index in [2.05, 4.69) is 4.90 Å². The molecule has 0 spiro atoms. The summed E-state index contributed by atoms with van der Waals surface area (Å²) in [6.45, 7) is 0.891. The molecule has 0 amide bonds. The second-order valence-electron chi connectivity index (χ2n) is 7.69. The zero-order valence-electron chi connectivity index (χ0n) is 13.3. The quantitative estimate of drug-likeness (QED) is 0.789. The van der Waals surface area contributed by atoms with Crippen LogP contribution in [-0.4, -0.2) is 35.7 Å². The minimum absolute atomic E-state index is 0.200. The molecule has 1 saturated heterocycles. The Morgan fingerprint density at radius 2 is 1.50 bits per heavy atom. The summed E-state index contributed by atoms with van der Waals surface area (Å²) in [6, 6.07) is 1.11. The third-order valence-corrected chi connectivity index (χ3v) is 6.28. The van der Waals surface area contributed by atoms with Crippen LogP contribution in [0.4, 0.5) is 13.2 Å². The van der Waals surface area contributed by atoms with Crippen molar-refractivity contribution in [2.75, 3.05) is 6.54 Å². The smallest absolute Gasteiger partial charge is 0.327 e. The molecular formula is C17H29F3N2. The summed E-state index contributed by atoms with van der Waals surface area (Å²) < 4.78 is 38.6. The van der Waals surface area contributed by atoms with Gasteiger partial charge in [0, 0.05) is 24.7 Å². The van der Waals surface area contributed by atoms with Gasteiger partial charge in [-0.2, -0.15) is 13.2 Å². The fourth-order valence-corrected chi connectivity index (χ4v) is 5.04. The lowest BCUT2D eigenvalue weighted by Gasteiger charge is -2.45. The van der Waals surface area contributed by atoms with Crippen LogP contribution >= 0.6 is 0 Å². The lowest BCUT2D eigenvalue weighted by atomic mass is 9.79. The van der Waals surface area contributed by atoms with Gasteiger partial charge >= 0.3 is 6.18 Å². The van der Waals surface area contributed by atoms with Gasteiger partial charge in [0.2, 0.25) is 0 Å². The molecule has 0 radical (unpaired) electrons. The molecule has 3 aliphatic rings. The average molecular weight is 318 g/mol. The number of likely N-dealkylation sites (tertiary alicyclic amines) is 1. The van der Waals surface area contributed by atoms with Crippen LogP contribution < -0.4 is 5.73 Å². The third-order valence-electron chi connectivity index (χ3n) is 6.28. The molecule has 22 heavy (non-hydrogen) atoms. The van der Waals surface area contributed by atoms with E-state index in [4.69, 9.17) is 5.73 Å². The summed E-state index contributed by atoms with van der Waals surface area (Å²) in [6.07, 6.45) is 5.36. The topological polar surface area (TPSA) is 29.3 Å². The Hall–Kier alpha value is -0.290. The van der Waals surface area contributed by atoms with Crippen molar-refractivity contribution in [2.45, 2.75) is 88.5 Å². The predicted octanol–water partition coefficient (Wildman–Crippen LogP) is 4.09. The minimum Gasteiger partial charge on any atom is -0.327 e. The van der Waals surface area contributed by atoms with E-state index in [-0.39, 0.29) is 6.04 Å². The number of nitrogens with two attached hydrogens (primary N) is 1. The SMILES string of the molecule is NC1CCC2CCCCC2N(C2CCC(C(F)(F)F)CC2)C1. The number of nitrogens with zero attached hydrogens (tertiary/aromatic N) is 1. The average Bonchev–Trinajstić information content (AvgIpc) is 2.66. The van der Waals surface area contributed by atoms with Gasteiger partial charge in [0.15, 0.2) is 0 Å². The second kappa shape index (κ2) is 6.68. The molecule has 1 heterocycles. The van der Waals surface area contributed by atoms with Crippen LogP contribution in [0.3, 0.4) is 0 Å². The Morgan fingerprint density at radius 3 is 2.18 bits per heavy atom. The molecule has 2 saturated carbocycles. The number of hydrogen-bond acceptors (Lipinski definition) is 2. The highest BCUT2D eigenvalue weighted by Crippen LogP contribution is 2.42. The van der Waals surface area contributed by atoms with Crippen LogP contribution in [0.1, 0.15) is 64.2 Å². The Kier molecular flexibility index (Phi) is 5.03. The van der Waals surface area contributed by atoms with Gasteiger partial charge in [-0.05, 0) is 57.3 Å². The Balaban J connectivity index is 1.66. The lowest BCUT2D eigenvalue weighted by Crippen LogP contribution is -2.51. The highest BCUT2D eigenvalue weighted by molar-refractivity contribution is 4.94. The van der Waals surface area contributed by atoms with Gasteiger partial charge in [-0.3, -0.25) is 4.90 Å². The van der Waals surface area contributed by atoms with Crippen molar-refractivity contribution in [1.82, 2.24) is 4.90 Å². The summed E-state index contributed by atoms with van der Waals surface area (Å²) in [5.74, 6) is -0.353. The highest BCUT2D eigenvalue weighted by atomic mass is 19.4. The van der Waals surface area contributed by atoms with Crippen LogP contribution in [0.25, 0.3) is 0 Å². The lowest BCUT2D eigenvalue weighted by molar-refractivity contribution is -0.185. The van der Waals surface area contributed by atoms with Crippen molar-refractivity contribution in [1.29, 1.82) is 0 Å². The predicted molar refractivity (Wildman–Crippen MR) is 81.5 cm³/mol. The van der Waals surface area contributed by atoms with E-state index in [0.717, 1.165) is 18.9 Å². The van der Waals surface area contributed by atoms with E-state index in [1.165, 1.54) is 32.1 Å². The van der Waals surface area contributed by atoms with Crippen molar-refractivity contribution in [3.8, 4) is 0 Å². The first kappa shape index (κ1) is 16.6. The largest absolute Gasteiger partial charge is 0.391 e. The van der Waals surface area contributed by atoms with Gasteiger partial charge < -0.3 is 5.73 Å². The van der Waals surface area contributed by atoms with Crippen molar-refractivity contribution < 1.29 is 13.2 Å². The number of rotatable bonds is 1. The van der Waals surface area contributed by atoms with Gasteiger partial charge in [0.05, 0.1) is 5.92 Å². The van der Waals surface area contributed by atoms with Gasteiger partial charge in [0.1, 0.15) is 0 Å². The van der Waals surface area contributed by atoms with Gasteiger partial charge in [-0.15, -0.1) is 0 Å². The molecule has 128 valence electrons. The zero-order valence-corrected chi connectivity index (χ0v) is 13.3. The van der Waals surface area contributed by atoms with Gasteiger partial charge in [0.25, 0.3) is 0 Å². The van der Waals surface area contributed by atoms with E-state index in [1.807, 2.05) is 0 Å². The Bertz CT molecular complexity index is 363. The number of fused-ring (bicyclic) bond motifs is 1. The maximum absolute atomic E-state index is 12.9. The van der Waals surface area contributed by atoms with Gasteiger partial charge in [-0.1, -0.05) is 12.8 Å². The standard InChI is InChI=1S/C17H29F3N2/c18-17(19,20)13-6-9-15(10-7-13)22-11-14(21)8-5-12-3-1-2-4-16(12)22/h12-16H,1-11,21H2. The second-order valence-corrected chi connectivity index (χ2v) is 7.69. The third kappa shape index (κ3) is 3.61. The van der Waals surface area contributed by atoms with Crippen molar-refractivity contribution in [3.05, 3.63) is 0 Å². The van der Waals surface area contributed by atoms with E-state index < -0.39 is 12.1 Å². The van der Waals surface area contributed by atoms with Crippen molar-refractivity contribution >= 4 is 0 Å². The van der Waals surface area contributed by atoms with Crippen molar-refractivity contribution in [2.24, 2.45) is 17.6 Å².